The van der Waals surface area contributed by atoms with E-state index in [-0.39, 0.29) is 30.1 Å². The van der Waals surface area contributed by atoms with E-state index in [1.54, 1.807) is 0 Å². The Morgan fingerprint density at radius 3 is 2.82 bits per heavy atom. The monoisotopic (exact) mass is 565 g/mol. The van der Waals surface area contributed by atoms with Crippen LogP contribution in [0.1, 0.15) is 42.9 Å². The van der Waals surface area contributed by atoms with Crippen LogP contribution in [0.15, 0.2) is 41.5 Å². The highest BCUT2D eigenvalue weighted by Crippen LogP contribution is 2.24. The zero-order chi connectivity index (χ0) is 22.2. The predicted octanol–water partition coefficient (Wildman–Crippen LogP) is 4.03. The molecule has 0 bridgehead atoms. The maximum absolute atomic E-state index is 6.23. The second-order valence-electron chi connectivity index (χ2n) is 8.48. The third-order valence-corrected chi connectivity index (χ3v) is 5.85. The minimum absolute atomic E-state index is 0. The van der Waals surface area contributed by atoms with E-state index in [0.717, 1.165) is 55.8 Å². The lowest BCUT2D eigenvalue weighted by Crippen LogP contribution is -2.37. The van der Waals surface area contributed by atoms with Crippen LogP contribution in [0, 0.1) is 6.92 Å². The molecule has 0 aliphatic carbocycles. The fraction of sp³-hybridized carbons (Fsp3) is 0.520. The molecule has 180 valence electrons. The lowest BCUT2D eigenvalue weighted by atomic mass is 10.1. The van der Waals surface area contributed by atoms with E-state index in [4.69, 9.17) is 14.5 Å². The minimum Gasteiger partial charge on any atom is -0.488 e. The Hall–Kier alpha value is -2.07. The molecule has 1 atom stereocenters. The molecule has 2 saturated heterocycles. The van der Waals surface area contributed by atoms with Gasteiger partial charge in [-0.25, -0.2) is 9.98 Å². The summed E-state index contributed by atoms with van der Waals surface area (Å²) in [5.41, 5.74) is 3.47. The van der Waals surface area contributed by atoms with Gasteiger partial charge in [0, 0.05) is 44.4 Å². The Morgan fingerprint density at radius 1 is 1.21 bits per heavy atom. The van der Waals surface area contributed by atoms with Gasteiger partial charge >= 0.3 is 0 Å². The van der Waals surface area contributed by atoms with Gasteiger partial charge in [0.1, 0.15) is 17.7 Å². The molecule has 7 nitrogen and oxygen atoms in total. The summed E-state index contributed by atoms with van der Waals surface area (Å²) >= 11 is 0. The van der Waals surface area contributed by atoms with Gasteiger partial charge in [0.2, 0.25) is 0 Å². The summed E-state index contributed by atoms with van der Waals surface area (Å²) in [5.74, 6) is 2.78. The van der Waals surface area contributed by atoms with Gasteiger partial charge in [0.05, 0.1) is 19.8 Å². The number of aryl methyl sites for hydroxylation is 1. The van der Waals surface area contributed by atoms with E-state index < -0.39 is 0 Å². The molecule has 2 aliphatic rings. The smallest absolute Gasteiger partial charge is 0.191 e. The Morgan fingerprint density at radius 2 is 2.06 bits per heavy atom. The fourth-order valence-electron chi connectivity index (χ4n) is 4.07. The quantitative estimate of drug-likeness (QED) is 0.286. The van der Waals surface area contributed by atoms with Crippen molar-refractivity contribution in [1.29, 1.82) is 0 Å². The molecule has 0 saturated carbocycles. The molecule has 4 rings (SSSR count). The van der Waals surface area contributed by atoms with E-state index in [2.05, 4.69) is 58.6 Å². The van der Waals surface area contributed by atoms with Crippen molar-refractivity contribution in [3.63, 3.8) is 0 Å². The van der Waals surface area contributed by atoms with E-state index in [9.17, 15) is 0 Å². The average Bonchev–Trinajstić information content (AvgIpc) is 3.51. The van der Waals surface area contributed by atoms with E-state index in [1.165, 1.54) is 24.0 Å². The zero-order valence-electron chi connectivity index (χ0n) is 19.7. The third kappa shape index (κ3) is 7.46. The van der Waals surface area contributed by atoms with Crippen molar-refractivity contribution in [2.75, 3.05) is 37.7 Å². The summed E-state index contributed by atoms with van der Waals surface area (Å²) in [6, 6.07) is 10.6. The summed E-state index contributed by atoms with van der Waals surface area (Å²) in [6.45, 7) is 9.85. The van der Waals surface area contributed by atoms with Crippen molar-refractivity contribution in [1.82, 2.24) is 15.6 Å². The molecular formula is C25H36IN5O2. The molecule has 0 radical (unpaired) electrons. The number of nitrogens with zero attached hydrogens (tertiary/aromatic N) is 3. The summed E-state index contributed by atoms with van der Waals surface area (Å²) in [6.07, 6.45) is 5.46. The van der Waals surface area contributed by atoms with Crippen LogP contribution in [0.25, 0.3) is 0 Å². The maximum Gasteiger partial charge on any atom is 0.191 e. The van der Waals surface area contributed by atoms with Gasteiger partial charge in [0.15, 0.2) is 5.96 Å². The fourth-order valence-corrected chi connectivity index (χ4v) is 4.07. The summed E-state index contributed by atoms with van der Waals surface area (Å²) in [7, 11) is 0. The molecule has 1 aromatic carbocycles. The van der Waals surface area contributed by atoms with Crippen molar-refractivity contribution in [2.24, 2.45) is 4.99 Å². The van der Waals surface area contributed by atoms with Crippen molar-refractivity contribution < 1.29 is 9.47 Å². The van der Waals surface area contributed by atoms with Gasteiger partial charge in [0.25, 0.3) is 0 Å². The van der Waals surface area contributed by atoms with Crippen molar-refractivity contribution in [3.05, 3.63) is 53.2 Å². The van der Waals surface area contributed by atoms with Gasteiger partial charge < -0.3 is 25.0 Å². The first kappa shape index (κ1) is 25.6. The molecule has 2 N–H and O–H groups in total. The molecule has 33 heavy (non-hydrogen) atoms. The number of anilines is 1. The number of pyridine rings is 1. The lowest BCUT2D eigenvalue weighted by molar-refractivity contribution is 0.140. The van der Waals surface area contributed by atoms with Crippen LogP contribution >= 0.6 is 24.0 Å². The van der Waals surface area contributed by atoms with Gasteiger partial charge in [-0.1, -0.05) is 12.1 Å². The molecular weight excluding hydrogens is 529 g/mol. The first-order chi connectivity index (χ1) is 15.7. The molecule has 1 aromatic heterocycles. The van der Waals surface area contributed by atoms with Crippen LogP contribution in [-0.2, 0) is 17.8 Å². The van der Waals surface area contributed by atoms with Gasteiger partial charge in [-0.3, -0.25) is 0 Å². The lowest BCUT2D eigenvalue weighted by Gasteiger charge is -2.18. The van der Waals surface area contributed by atoms with Crippen LogP contribution in [0.2, 0.25) is 0 Å². The van der Waals surface area contributed by atoms with E-state index >= 15 is 0 Å². The zero-order valence-corrected chi connectivity index (χ0v) is 22.0. The molecule has 2 fully saturated rings. The molecule has 0 spiro atoms. The number of aliphatic imine (C=N–C) groups is 1. The van der Waals surface area contributed by atoms with Crippen LogP contribution in [-0.4, -0.2) is 49.9 Å². The van der Waals surface area contributed by atoms with Crippen molar-refractivity contribution in [3.8, 4) is 5.75 Å². The first-order valence-electron chi connectivity index (χ1n) is 11.8. The molecule has 1 unspecified atom stereocenters. The highest BCUT2D eigenvalue weighted by atomic mass is 127. The Kier molecular flexibility index (Phi) is 10.1. The van der Waals surface area contributed by atoms with Crippen molar-refractivity contribution >= 4 is 35.8 Å². The van der Waals surface area contributed by atoms with E-state index in [0.29, 0.717) is 19.7 Å². The van der Waals surface area contributed by atoms with Crippen LogP contribution < -0.4 is 20.3 Å². The SMILES string of the molecule is CCNC(=NCc1ccnc(N2CCCC2)c1)NCc1ccc(C)cc1OC1CCOC1.I. The molecule has 3 heterocycles. The Bertz CT molecular complexity index is 911. The Labute approximate surface area is 214 Å². The average molecular weight is 566 g/mol. The van der Waals surface area contributed by atoms with Crippen LogP contribution in [0.4, 0.5) is 5.82 Å². The summed E-state index contributed by atoms with van der Waals surface area (Å²) < 4.78 is 11.7. The number of ether oxygens (including phenoxy) is 2. The first-order valence-corrected chi connectivity index (χ1v) is 11.8. The standard InChI is InChI=1S/C25H35N5O2.HI/c1-3-26-25(28-16-20-8-10-27-24(15-20)30-11-4-5-12-30)29-17-21-7-6-19(2)14-23(21)32-22-9-13-31-18-22;/h6-8,10,14-15,22H,3-5,9,11-13,16-18H2,1-2H3,(H2,26,28,29);1H. The van der Waals surface area contributed by atoms with Gasteiger partial charge in [-0.2, -0.15) is 0 Å². The molecule has 2 aliphatic heterocycles. The number of benzene rings is 1. The third-order valence-electron chi connectivity index (χ3n) is 5.85. The second-order valence-corrected chi connectivity index (χ2v) is 8.48. The van der Waals surface area contributed by atoms with Gasteiger partial charge in [-0.05, 0) is 56.0 Å². The summed E-state index contributed by atoms with van der Waals surface area (Å²) in [4.78, 5) is 11.7. The minimum atomic E-state index is 0. The van der Waals surface area contributed by atoms with Crippen LogP contribution in [0.3, 0.4) is 0 Å². The van der Waals surface area contributed by atoms with Crippen LogP contribution in [0.5, 0.6) is 5.75 Å². The summed E-state index contributed by atoms with van der Waals surface area (Å²) in [5, 5.41) is 6.81. The highest BCUT2D eigenvalue weighted by molar-refractivity contribution is 14.0. The topological polar surface area (TPSA) is 71.0 Å². The number of aromatic nitrogens is 1. The predicted molar refractivity (Wildman–Crippen MR) is 144 cm³/mol. The molecule has 8 heteroatoms. The number of halogens is 1. The normalized spacial score (nSPS) is 18.2. The van der Waals surface area contributed by atoms with Gasteiger partial charge in [-0.15, -0.1) is 24.0 Å². The number of guanidine groups is 1. The Balaban J connectivity index is 0.00000306. The molecule has 0 amide bonds. The van der Waals surface area contributed by atoms with E-state index in [1.807, 2.05) is 12.3 Å². The maximum atomic E-state index is 6.23. The number of hydrogen-bond acceptors (Lipinski definition) is 5. The number of rotatable bonds is 8. The number of hydrogen-bond donors (Lipinski definition) is 2. The number of nitrogens with one attached hydrogen (secondary N) is 2. The van der Waals surface area contributed by atoms with Crippen molar-refractivity contribution in [2.45, 2.75) is 52.3 Å². The second kappa shape index (κ2) is 13.0. The molecule has 2 aromatic rings. The highest BCUT2D eigenvalue weighted by Gasteiger charge is 2.19. The largest absolute Gasteiger partial charge is 0.488 e.